The maximum Gasteiger partial charge on any atom is 0.407 e. The molecule has 72 heavy (non-hydrogen) atoms. The van der Waals surface area contributed by atoms with Gasteiger partial charge in [0.05, 0.1) is 37.6 Å². The van der Waals surface area contributed by atoms with Crippen molar-refractivity contribution in [2.24, 2.45) is 11.0 Å². The molecule has 11 atom stereocenters. The van der Waals surface area contributed by atoms with Crippen molar-refractivity contribution in [2.45, 2.75) is 219 Å². The molecular weight excluding hydrogens is 950 g/mol. The Bertz CT molecular complexity index is 1710. The summed E-state index contributed by atoms with van der Waals surface area (Å²) >= 11 is 0. The molecule has 414 valence electrons. The van der Waals surface area contributed by atoms with Crippen LogP contribution in [0.3, 0.4) is 0 Å². The van der Waals surface area contributed by atoms with Crippen LogP contribution in [0.2, 0.25) is 0 Å². The minimum atomic E-state index is -4.39. The number of carbonyl (C=O) groups excluding carboxylic acids is 2. The van der Waals surface area contributed by atoms with Crippen LogP contribution in [0.1, 0.15) is 158 Å². The second-order valence-electron chi connectivity index (χ2n) is 19.2. The molecule has 2 aliphatic rings. The molecule has 0 saturated carbocycles. The number of azide groups is 1. The van der Waals surface area contributed by atoms with E-state index in [-0.39, 0.29) is 32.6 Å². The van der Waals surface area contributed by atoms with Gasteiger partial charge in [-0.3, -0.25) is 13.9 Å². The Hall–Kier alpha value is -2.90. The maximum absolute atomic E-state index is 16.0. The van der Waals surface area contributed by atoms with Gasteiger partial charge in [0.1, 0.15) is 31.0 Å². The van der Waals surface area contributed by atoms with Crippen molar-refractivity contribution in [1.82, 2.24) is 10.8 Å². The fourth-order valence-electron chi connectivity index (χ4n) is 8.20. The van der Waals surface area contributed by atoms with Gasteiger partial charge in [-0.15, -0.1) is 0 Å². The summed E-state index contributed by atoms with van der Waals surface area (Å²) in [5.41, 5.74) is 13.5. The molecule has 1 aromatic rings. The van der Waals surface area contributed by atoms with Gasteiger partial charge >= 0.3 is 19.7 Å². The molecule has 1 amide bonds. The summed E-state index contributed by atoms with van der Waals surface area (Å²) in [5.74, 6) is -0.960. The van der Waals surface area contributed by atoms with Crippen LogP contribution in [0.4, 0.5) is 4.79 Å². The van der Waals surface area contributed by atoms with Crippen LogP contribution < -0.4 is 10.8 Å². The van der Waals surface area contributed by atoms with Crippen LogP contribution >= 0.6 is 7.60 Å². The first-order chi connectivity index (χ1) is 34.8. The molecule has 0 radical (unpaired) electrons. The molecule has 0 bridgehead atoms. The molecule has 0 aromatic heterocycles. The van der Waals surface area contributed by atoms with E-state index in [2.05, 4.69) is 41.6 Å². The first-order valence-corrected chi connectivity index (χ1v) is 28.7. The number of hydrogen-bond acceptors (Lipinski definition) is 16. The van der Waals surface area contributed by atoms with Gasteiger partial charge < -0.3 is 47.9 Å². The number of esters is 1. The molecule has 2 fully saturated rings. The Morgan fingerprint density at radius 3 is 1.92 bits per heavy atom. The average Bonchev–Trinajstić information content (AvgIpc) is 3.37. The van der Waals surface area contributed by atoms with E-state index >= 15 is 4.57 Å². The highest BCUT2D eigenvalue weighted by atomic mass is 31.2. The van der Waals surface area contributed by atoms with Crippen LogP contribution in [-0.4, -0.2) is 132 Å². The van der Waals surface area contributed by atoms with Crippen molar-refractivity contribution in [3.8, 4) is 0 Å². The summed E-state index contributed by atoms with van der Waals surface area (Å²) < 4.78 is 85.7. The highest BCUT2D eigenvalue weighted by molar-refractivity contribution is 7.53. The molecule has 2 N–H and O–H groups in total. The fraction of sp³-hybridized carbons (Fsp3) is 0.846. The van der Waals surface area contributed by atoms with Crippen molar-refractivity contribution in [3.05, 3.63) is 46.3 Å². The van der Waals surface area contributed by atoms with Crippen LogP contribution in [0, 0.1) is 5.92 Å². The van der Waals surface area contributed by atoms with Crippen molar-refractivity contribution in [1.29, 1.82) is 0 Å². The Morgan fingerprint density at radius 2 is 1.32 bits per heavy atom. The summed E-state index contributed by atoms with van der Waals surface area (Å²) in [5, 5.41) is 7.00. The van der Waals surface area contributed by atoms with Crippen LogP contribution in [-0.2, 0) is 67.7 Å². The van der Waals surface area contributed by atoms with Gasteiger partial charge in [0.2, 0.25) is 0 Å². The third-order valence-corrected chi connectivity index (χ3v) is 14.9. The summed E-state index contributed by atoms with van der Waals surface area (Å²) in [6.07, 6.45) is 3.23. The van der Waals surface area contributed by atoms with Crippen LogP contribution in [0.25, 0.3) is 10.4 Å². The number of nitrogens with one attached hydrogen (secondary N) is 2. The third kappa shape index (κ3) is 22.9. The van der Waals surface area contributed by atoms with E-state index < -0.39 is 86.2 Å². The quantitative estimate of drug-likeness (QED) is 0.0119. The zero-order chi connectivity index (χ0) is 52.6. The number of alkyl carbamates (subject to hydrolysis) is 1. The Balaban J connectivity index is 1.92. The predicted octanol–water partition coefficient (Wildman–Crippen LogP) is 10.9. The highest BCUT2D eigenvalue weighted by Crippen LogP contribution is 2.54. The molecule has 2 heterocycles. The Morgan fingerprint density at radius 1 is 0.736 bits per heavy atom. The number of unbranched alkanes of at least 4 members (excludes halogenated alkanes) is 7. The highest BCUT2D eigenvalue weighted by Gasteiger charge is 2.54. The van der Waals surface area contributed by atoms with E-state index in [1.165, 1.54) is 6.92 Å². The molecule has 0 aliphatic carbocycles. The Kier molecular flexibility index (Phi) is 31.8. The minimum absolute atomic E-state index is 0.0299. The SMILES string of the molecule is CCCCOCC1O[C@H](OCCCCCCNC(=O)OCc2ccccc2)C(C)[C@@H](OCCCC)[C@@H]1OP(=O)(C[C@H]1OC(COCCCC)[C@@H](OC(C)=O)[C@H](OCCCC)C1N=[N+]=[N-])ONC(C)(CC)CC. The summed E-state index contributed by atoms with van der Waals surface area (Å²) in [6.45, 7) is 20.4. The Labute approximate surface area is 430 Å². The van der Waals surface area contributed by atoms with Gasteiger partial charge in [-0.25, -0.2) is 9.42 Å². The molecule has 2 saturated heterocycles. The topological polar surface area (TPSA) is 226 Å². The normalized spacial score (nSPS) is 25.3. The average molecular weight is 1040 g/mol. The van der Waals surface area contributed by atoms with E-state index in [0.717, 1.165) is 76.2 Å². The van der Waals surface area contributed by atoms with Crippen LogP contribution in [0.5, 0.6) is 0 Å². The fourth-order valence-corrected chi connectivity index (χ4v) is 10.1. The van der Waals surface area contributed by atoms with Gasteiger partial charge in [-0.1, -0.05) is 122 Å². The van der Waals surface area contributed by atoms with Gasteiger partial charge in [0.25, 0.3) is 0 Å². The molecule has 5 unspecified atom stereocenters. The lowest BCUT2D eigenvalue weighted by atomic mass is 9.92. The zero-order valence-electron chi connectivity index (χ0n) is 45.1. The zero-order valence-corrected chi connectivity index (χ0v) is 46.0. The summed E-state index contributed by atoms with van der Waals surface area (Å²) in [7, 11) is -4.39. The first kappa shape index (κ1) is 63.4. The number of amides is 1. The van der Waals surface area contributed by atoms with Crippen molar-refractivity contribution < 1.29 is 65.9 Å². The smallest absolute Gasteiger partial charge is 0.407 e. The van der Waals surface area contributed by atoms with Crippen molar-refractivity contribution in [2.75, 3.05) is 59.0 Å². The summed E-state index contributed by atoms with van der Waals surface area (Å²) in [6, 6.07) is 8.44. The number of ether oxygens (including phenoxy) is 9. The van der Waals surface area contributed by atoms with E-state index in [9.17, 15) is 15.1 Å². The van der Waals surface area contributed by atoms with E-state index in [1.54, 1.807) is 0 Å². The third-order valence-electron chi connectivity index (χ3n) is 13.2. The number of carbonyl (C=O) groups is 2. The number of hydroxylamine groups is 1. The number of benzene rings is 1. The van der Waals surface area contributed by atoms with Gasteiger partial charge in [-0.05, 0) is 69.4 Å². The van der Waals surface area contributed by atoms with E-state index in [0.29, 0.717) is 52.2 Å². The minimum Gasteiger partial charge on any atom is -0.457 e. The number of hydrogen-bond donors (Lipinski definition) is 2. The van der Waals surface area contributed by atoms with E-state index in [4.69, 9.17) is 51.8 Å². The maximum atomic E-state index is 16.0. The van der Waals surface area contributed by atoms with Gasteiger partial charge in [-0.2, -0.15) is 5.48 Å². The number of nitrogens with zero attached hydrogens (tertiary/aromatic N) is 3. The van der Waals surface area contributed by atoms with Crippen molar-refractivity contribution >= 4 is 19.7 Å². The molecule has 0 spiro atoms. The lowest BCUT2D eigenvalue weighted by Gasteiger charge is -2.47. The molecule has 3 rings (SSSR count). The number of rotatable bonds is 39. The molecule has 20 heteroatoms. The lowest BCUT2D eigenvalue weighted by Crippen LogP contribution is -2.61. The molecule has 19 nitrogen and oxygen atoms in total. The largest absolute Gasteiger partial charge is 0.457 e. The predicted molar refractivity (Wildman–Crippen MR) is 275 cm³/mol. The molecular formula is C52H92N5O14P. The monoisotopic (exact) mass is 1040 g/mol. The van der Waals surface area contributed by atoms with Crippen molar-refractivity contribution in [3.63, 3.8) is 0 Å². The van der Waals surface area contributed by atoms with Gasteiger partial charge in [0.15, 0.2) is 12.4 Å². The molecule has 1 aromatic carbocycles. The standard InChI is InChI=1S/C52H92N5O14P/c1-10-16-30-61-36-42-47(67-40(8)58)49(64-33-19-13-4)45(55-57-53)44(68-42)38-72(60,71-56-52(9,14-5)15-6)70-48-43(37-62-31-17-11-2)69-50(39(7)46(48)63-32-18-12-3)65-34-26-21-20-25-29-54-51(59)66-35-41-27-23-22-24-28-41/h22-24,27-28,39,42-50,56H,10-21,25-26,29-38H2,1-9H3,(H,54,59)/t39?,42?,43?,44-,45?,46-,47-,48-,49-,50+,72?/m1/s1. The van der Waals surface area contributed by atoms with E-state index in [1.807, 2.05) is 65.0 Å². The second-order valence-corrected chi connectivity index (χ2v) is 21.2. The summed E-state index contributed by atoms with van der Waals surface area (Å²) in [4.78, 5) is 28.0. The first-order valence-electron chi connectivity index (χ1n) is 27.0. The van der Waals surface area contributed by atoms with Gasteiger partial charge in [0, 0.05) is 62.9 Å². The molecule has 2 aliphatic heterocycles. The lowest BCUT2D eigenvalue weighted by molar-refractivity contribution is -0.288. The second kappa shape index (κ2) is 36.1. The van der Waals surface area contributed by atoms with Crippen LogP contribution in [0.15, 0.2) is 35.4 Å².